The average molecular weight is 375 g/mol. The van der Waals surface area contributed by atoms with Crippen molar-refractivity contribution < 1.29 is 0 Å². The van der Waals surface area contributed by atoms with E-state index in [1.807, 2.05) is 35.3 Å². The summed E-state index contributed by atoms with van der Waals surface area (Å²) in [5.74, 6) is 5.28. The number of thioether (sulfide) groups is 5. The van der Waals surface area contributed by atoms with Crippen molar-refractivity contribution >= 4 is 58.8 Å². The Morgan fingerprint density at radius 3 is 1.71 bits per heavy atom. The average Bonchev–Trinajstić information content (AvgIpc) is 3.24. The molecule has 0 aromatic heterocycles. The smallest absolute Gasteiger partial charge is 0.0232 e. The lowest BCUT2D eigenvalue weighted by atomic mass is 10.3. The van der Waals surface area contributed by atoms with Gasteiger partial charge in [-0.3, -0.25) is 0 Å². The van der Waals surface area contributed by atoms with E-state index in [1.54, 1.807) is 0 Å². The standard InChI is InChI=1S/C16H22S5/c1-16(2,3)21-13-5-11(17-7-14-9-19-14)4-12(6-13)18-8-15-10-20-15/h4-6,14-15H,7-10H2,1-3H3. The summed E-state index contributed by atoms with van der Waals surface area (Å²) in [5, 5.41) is 1.82. The second kappa shape index (κ2) is 7.25. The SMILES string of the molecule is CC(C)(C)Sc1cc(SCC2CS2)cc(SCC2CS2)c1. The predicted octanol–water partition coefficient (Wildman–Crippen LogP) is 5.99. The van der Waals surface area contributed by atoms with Crippen molar-refractivity contribution in [2.45, 2.75) is 50.7 Å². The number of benzene rings is 1. The van der Waals surface area contributed by atoms with Crippen LogP contribution in [0.25, 0.3) is 0 Å². The van der Waals surface area contributed by atoms with E-state index in [0.29, 0.717) is 0 Å². The number of hydrogen-bond donors (Lipinski definition) is 0. The quantitative estimate of drug-likeness (QED) is 0.423. The molecule has 21 heavy (non-hydrogen) atoms. The monoisotopic (exact) mass is 374 g/mol. The van der Waals surface area contributed by atoms with Gasteiger partial charge in [0, 0.05) is 52.9 Å². The molecule has 2 atom stereocenters. The van der Waals surface area contributed by atoms with Crippen LogP contribution in [0, 0.1) is 0 Å². The van der Waals surface area contributed by atoms with Gasteiger partial charge in [0.15, 0.2) is 0 Å². The topological polar surface area (TPSA) is 0 Å². The highest BCUT2D eigenvalue weighted by atomic mass is 32.2. The molecule has 0 saturated carbocycles. The van der Waals surface area contributed by atoms with E-state index in [0.717, 1.165) is 10.5 Å². The van der Waals surface area contributed by atoms with Gasteiger partial charge in [-0.2, -0.15) is 23.5 Å². The molecule has 0 spiro atoms. The molecule has 0 nitrogen and oxygen atoms in total. The van der Waals surface area contributed by atoms with E-state index in [1.165, 1.54) is 37.7 Å². The van der Waals surface area contributed by atoms with Gasteiger partial charge in [0.05, 0.1) is 0 Å². The Labute approximate surface area is 150 Å². The molecule has 2 aliphatic rings. The highest BCUT2D eigenvalue weighted by Gasteiger charge is 2.24. The summed E-state index contributed by atoms with van der Waals surface area (Å²) in [4.78, 5) is 4.35. The van der Waals surface area contributed by atoms with Crippen LogP contribution in [0.4, 0.5) is 0 Å². The highest BCUT2D eigenvalue weighted by molar-refractivity contribution is 8.09. The van der Waals surface area contributed by atoms with Crippen LogP contribution in [0.3, 0.4) is 0 Å². The minimum absolute atomic E-state index is 0.282. The Morgan fingerprint density at radius 1 is 0.905 bits per heavy atom. The van der Waals surface area contributed by atoms with Crippen molar-refractivity contribution in [2.24, 2.45) is 0 Å². The first-order valence-corrected chi connectivity index (χ1v) is 12.2. The third kappa shape index (κ3) is 6.54. The molecule has 2 unspecified atom stereocenters. The Balaban J connectivity index is 1.69. The van der Waals surface area contributed by atoms with Gasteiger partial charge >= 0.3 is 0 Å². The second-order valence-electron chi connectivity index (χ2n) is 6.39. The molecule has 2 fully saturated rings. The number of rotatable bonds is 7. The maximum absolute atomic E-state index is 2.40. The maximum Gasteiger partial charge on any atom is 0.0232 e. The zero-order valence-electron chi connectivity index (χ0n) is 12.8. The fourth-order valence-corrected chi connectivity index (χ4v) is 6.95. The van der Waals surface area contributed by atoms with Gasteiger partial charge in [-0.05, 0) is 18.2 Å². The molecule has 0 radical (unpaired) electrons. The zero-order valence-corrected chi connectivity index (χ0v) is 16.8. The van der Waals surface area contributed by atoms with Crippen LogP contribution in [0.5, 0.6) is 0 Å². The molecule has 1 aromatic carbocycles. The van der Waals surface area contributed by atoms with E-state index in [-0.39, 0.29) is 4.75 Å². The van der Waals surface area contributed by atoms with E-state index in [9.17, 15) is 0 Å². The van der Waals surface area contributed by atoms with Crippen molar-refractivity contribution in [2.75, 3.05) is 23.0 Å². The lowest BCUT2D eigenvalue weighted by Gasteiger charge is -2.19. The van der Waals surface area contributed by atoms with E-state index >= 15 is 0 Å². The maximum atomic E-state index is 2.40. The van der Waals surface area contributed by atoms with Crippen LogP contribution in [-0.2, 0) is 0 Å². The minimum atomic E-state index is 0.282. The van der Waals surface area contributed by atoms with Gasteiger partial charge in [0.25, 0.3) is 0 Å². The summed E-state index contributed by atoms with van der Waals surface area (Å²) < 4.78 is 0.282. The molecule has 0 N–H and O–H groups in total. The summed E-state index contributed by atoms with van der Waals surface area (Å²) in [5.41, 5.74) is 0. The summed E-state index contributed by atoms with van der Waals surface area (Å²) in [6, 6.07) is 7.19. The second-order valence-corrected chi connectivity index (χ2v) is 13.1. The Kier molecular flexibility index (Phi) is 5.80. The highest BCUT2D eigenvalue weighted by Crippen LogP contribution is 2.41. The Bertz CT molecular complexity index is 452. The first kappa shape index (κ1) is 16.8. The van der Waals surface area contributed by atoms with Crippen LogP contribution in [0.1, 0.15) is 20.8 Å². The fraction of sp³-hybridized carbons (Fsp3) is 0.625. The minimum Gasteiger partial charge on any atom is -0.156 e. The predicted molar refractivity (Wildman–Crippen MR) is 106 cm³/mol. The molecule has 2 aliphatic heterocycles. The number of hydrogen-bond acceptors (Lipinski definition) is 5. The van der Waals surface area contributed by atoms with Crippen LogP contribution in [0.2, 0.25) is 0 Å². The van der Waals surface area contributed by atoms with Crippen molar-refractivity contribution in [3.05, 3.63) is 18.2 Å². The summed E-state index contributed by atoms with van der Waals surface area (Å²) >= 11 is 10.3. The first-order valence-electron chi connectivity index (χ1n) is 7.31. The molecule has 0 amide bonds. The molecule has 116 valence electrons. The van der Waals surface area contributed by atoms with Gasteiger partial charge in [-0.1, -0.05) is 20.8 Å². The van der Waals surface area contributed by atoms with Gasteiger partial charge < -0.3 is 0 Å². The van der Waals surface area contributed by atoms with Crippen molar-refractivity contribution in [3.63, 3.8) is 0 Å². The van der Waals surface area contributed by atoms with Crippen molar-refractivity contribution in [1.29, 1.82) is 0 Å². The van der Waals surface area contributed by atoms with Crippen LogP contribution in [0.15, 0.2) is 32.9 Å². The molecular weight excluding hydrogens is 353 g/mol. The van der Waals surface area contributed by atoms with Gasteiger partial charge in [0.2, 0.25) is 0 Å². The van der Waals surface area contributed by atoms with Crippen LogP contribution in [-0.4, -0.2) is 38.3 Å². The third-order valence-corrected chi connectivity index (χ3v) is 8.68. The fourth-order valence-electron chi connectivity index (χ4n) is 1.83. The van der Waals surface area contributed by atoms with Crippen LogP contribution < -0.4 is 0 Å². The largest absolute Gasteiger partial charge is 0.156 e. The molecule has 1 aromatic rings. The first-order chi connectivity index (χ1) is 9.98. The van der Waals surface area contributed by atoms with Gasteiger partial charge in [-0.15, -0.1) is 35.3 Å². The normalized spacial score (nSPS) is 24.1. The summed E-state index contributed by atoms with van der Waals surface area (Å²) in [6.45, 7) is 6.89. The molecule has 2 heterocycles. The lowest BCUT2D eigenvalue weighted by Crippen LogP contribution is -2.06. The van der Waals surface area contributed by atoms with E-state index < -0.39 is 0 Å². The van der Waals surface area contributed by atoms with Crippen LogP contribution >= 0.6 is 58.8 Å². The third-order valence-electron chi connectivity index (χ3n) is 2.95. The Hall–Kier alpha value is 0.970. The molecule has 0 aliphatic carbocycles. The zero-order chi connectivity index (χ0) is 14.9. The van der Waals surface area contributed by atoms with Crippen molar-refractivity contribution in [1.82, 2.24) is 0 Å². The molecule has 2 saturated heterocycles. The Morgan fingerprint density at radius 2 is 1.33 bits per heavy atom. The van der Waals surface area contributed by atoms with Crippen molar-refractivity contribution in [3.8, 4) is 0 Å². The molecular formula is C16H22S5. The summed E-state index contributed by atoms with van der Waals surface area (Å²) in [6.07, 6.45) is 0. The van der Waals surface area contributed by atoms with Gasteiger partial charge in [0.1, 0.15) is 0 Å². The van der Waals surface area contributed by atoms with E-state index in [2.05, 4.69) is 62.5 Å². The summed E-state index contributed by atoms with van der Waals surface area (Å²) in [7, 11) is 0. The lowest BCUT2D eigenvalue weighted by molar-refractivity contribution is 0.802. The molecule has 0 bridgehead atoms. The van der Waals surface area contributed by atoms with E-state index in [4.69, 9.17) is 0 Å². The van der Waals surface area contributed by atoms with Gasteiger partial charge in [-0.25, -0.2) is 0 Å². The molecule has 5 heteroatoms. The molecule has 3 rings (SSSR count).